The van der Waals surface area contributed by atoms with E-state index in [0.29, 0.717) is 5.69 Å². The molecule has 4 N–H and O–H groups in total. The first-order valence-electron chi connectivity index (χ1n) is 5.75. The summed E-state index contributed by atoms with van der Waals surface area (Å²) in [5.41, 5.74) is 7.11. The van der Waals surface area contributed by atoms with Crippen LogP contribution in [0.15, 0.2) is 24.3 Å². The maximum atomic E-state index is 12.0. The number of nitrogens with one attached hydrogen (secondary N) is 2. The molecule has 0 saturated heterocycles. The van der Waals surface area contributed by atoms with E-state index in [1.165, 1.54) is 0 Å². The van der Waals surface area contributed by atoms with Gasteiger partial charge >= 0.3 is 0 Å². The summed E-state index contributed by atoms with van der Waals surface area (Å²) in [4.78, 5) is 12.0. The quantitative estimate of drug-likeness (QED) is 0.713. The zero-order valence-corrected chi connectivity index (χ0v) is 9.31. The van der Waals surface area contributed by atoms with Gasteiger partial charge in [0.2, 0.25) is 0 Å². The molecular weight excluding hydrogens is 216 g/mol. The highest BCUT2D eigenvalue weighted by Gasteiger charge is 2.29. The summed E-state index contributed by atoms with van der Waals surface area (Å²) >= 11 is 0. The van der Waals surface area contributed by atoms with Crippen LogP contribution in [0.2, 0.25) is 0 Å². The van der Waals surface area contributed by atoms with Crippen LogP contribution in [0.5, 0.6) is 0 Å². The first-order chi connectivity index (χ1) is 8.25. The van der Waals surface area contributed by atoms with Gasteiger partial charge in [-0.1, -0.05) is 18.2 Å². The van der Waals surface area contributed by atoms with Gasteiger partial charge in [-0.2, -0.15) is 5.10 Å². The molecule has 2 atom stereocenters. The number of carbonyl (C=O) groups excluding carboxylic acids is 1. The van der Waals surface area contributed by atoms with Gasteiger partial charge in [-0.25, -0.2) is 0 Å². The number of amides is 1. The minimum absolute atomic E-state index is 0.0872. The average Bonchev–Trinajstić information content (AvgIpc) is 2.77. The highest BCUT2D eigenvalue weighted by molar-refractivity contribution is 6.04. The summed E-state index contributed by atoms with van der Waals surface area (Å²) in [6.07, 6.45) is 1.93. The number of nitrogens with zero attached hydrogens (tertiary/aromatic N) is 1. The van der Waals surface area contributed by atoms with Gasteiger partial charge in [-0.15, -0.1) is 0 Å². The fourth-order valence-electron chi connectivity index (χ4n) is 2.08. The topological polar surface area (TPSA) is 83.8 Å². The van der Waals surface area contributed by atoms with E-state index in [1.54, 1.807) is 0 Å². The second-order valence-corrected chi connectivity index (χ2v) is 4.44. The molecule has 1 amide bonds. The standard InChI is InChI=1S/C12H14N4O/c13-8-5-6-10(8)14-12(17)11-7-3-1-2-4-9(7)15-16-11/h1-4,8,10H,5-6,13H2,(H,14,17)(H,15,16)/t8-,10+/m1/s1. The van der Waals surface area contributed by atoms with Crippen molar-refractivity contribution in [2.45, 2.75) is 24.9 Å². The molecule has 0 bridgehead atoms. The number of aromatic amines is 1. The maximum Gasteiger partial charge on any atom is 0.272 e. The average molecular weight is 230 g/mol. The molecule has 0 radical (unpaired) electrons. The smallest absolute Gasteiger partial charge is 0.272 e. The Kier molecular flexibility index (Phi) is 2.33. The molecule has 0 spiro atoms. The molecule has 17 heavy (non-hydrogen) atoms. The van der Waals surface area contributed by atoms with Crippen molar-refractivity contribution in [2.75, 3.05) is 0 Å². The predicted molar refractivity (Wildman–Crippen MR) is 64.6 cm³/mol. The Morgan fingerprint density at radius 1 is 1.41 bits per heavy atom. The van der Waals surface area contributed by atoms with Gasteiger partial charge in [0, 0.05) is 17.5 Å². The Hall–Kier alpha value is -1.88. The number of fused-ring (bicyclic) bond motifs is 1. The van der Waals surface area contributed by atoms with Gasteiger partial charge < -0.3 is 11.1 Å². The van der Waals surface area contributed by atoms with Gasteiger partial charge in [-0.05, 0) is 18.9 Å². The van der Waals surface area contributed by atoms with Gasteiger partial charge in [0.1, 0.15) is 0 Å². The van der Waals surface area contributed by atoms with Crippen LogP contribution in [0.3, 0.4) is 0 Å². The monoisotopic (exact) mass is 230 g/mol. The first kappa shape index (κ1) is 10.3. The molecular formula is C12H14N4O. The Morgan fingerprint density at radius 3 is 2.94 bits per heavy atom. The van der Waals surface area contributed by atoms with E-state index in [-0.39, 0.29) is 18.0 Å². The SMILES string of the molecule is N[C@@H]1CC[C@@H]1NC(=O)c1n[nH]c2ccccc12. The zero-order chi connectivity index (χ0) is 11.8. The highest BCUT2D eigenvalue weighted by atomic mass is 16.2. The van der Waals surface area contributed by atoms with Gasteiger partial charge in [0.05, 0.1) is 5.52 Å². The number of benzene rings is 1. The van der Waals surface area contributed by atoms with Crippen molar-refractivity contribution in [1.82, 2.24) is 15.5 Å². The van der Waals surface area contributed by atoms with Crippen molar-refractivity contribution < 1.29 is 4.79 Å². The number of rotatable bonds is 2. The molecule has 1 saturated carbocycles. The van der Waals surface area contributed by atoms with E-state index >= 15 is 0 Å². The number of aromatic nitrogens is 2. The summed E-state index contributed by atoms with van der Waals surface area (Å²) in [6.45, 7) is 0. The lowest BCUT2D eigenvalue weighted by molar-refractivity contribution is 0.0902. The largest absolute Gasteiger partial charge is 0.346 e. The summed E-state index contributed by atoms with van der Waals surface area (Å²) in [5, 5.41) is 10.7. The van der Waals surface area contributed by atoms with Crippen LogP contribution >= 0.6 is 0 Å². The second kappa shape index (κ2) is 3.85. The number of H-pyrrole nitrogens is 1. The fraction of sp³-hybridized carbons (Fsp3) is 0.333. The minimum atomic E-state index is -0.150. The van der Waals surface area contributed by atoms with Crippen LogP contribution in [0, 0.1) is 0 Å². The second-order valence-electron chi connectivity index (χ2n) is 4.44. The maximum absolute atomic E-state index is 12.0. The molecule has 1 aliphatic carbocycles. The Balaban J connectivity index is 1.85. The molecule has 1 aliphatic rings. The summed E-state index contributed by atoms with van der Waals surface area (Å²) < 4.78 is 0. The van der Waals surface area contributed by atoms with E-state index in [9.17, 15) is 4.79 Å². The molecule has 3 rings (SSSR count). The van der Waals surface area contributed by atoms with Crippen LogP contribution in [0.1, 0.15) is 23.3 Å². The molecule has 0 aliphatic heterocycles. The summed E-state index contributed by atoms with van der Waals surface area (Å²) in [6, 6.07) is 7.76. The van der Waals surface area contributed by atoms with Crippen LogP contribution in [-0.2, 0) is 0 Å². The number of hydrogen-bond donors (Lipinski definition) is 3. The predicted octanol–water partition coefficient (Wildman–Crippen LogP) is 0.782. The van der Waals surface area contributed by atoms with Crippen molar-refractivity contribution in [1.29, 1.82) is 0 Å². The first-order valence-corrected chi connectivity index (χ1v) is 5.75. The fourth-order valence-corrected chi connectivity index (χ4v) is 2.08. The summed E-state index contributed by atoms with van der Waals surface area (Å²) in [5.74, 6) is -0.150. The third-order valence-electron chi connectivity index (χ3n) is 3.33. The van der Waals surface area contributed by atoms with Crippen LogP contribution < -0.4 is 11.1 Å². The molecule has 2 aromatic rings. The molecule has 5 heteroatoms. The van der Waals surface area contributed by atoms with E-state index < -0.39 is 0 Å². The van der Waals surface area contributed by atoms with Crippen molar-refractivity contribution in [3.8, 4) is 0 Å². The number of hydrogen-bond acceptors (Lipinski definition) is 3. The van der Waals surface area contributed by atoms with Crippen molar-refractivity contribution >= 4 is 16.8 Å². The third kappa shape index (κ3) is 1.68. The Morgan fingerprint density at radius 2 is 2.24 bits per heavy atom. The van der Waals surface area contributed by atoms with Crippen LogP contribution in [0.4, 0.5) is 0 Å². The number of carbonyl (C=O) groups is 1. The molecule has 1 aromatic carbocycles. The van der Waals surface area contributed by atoms with Crippen molar-refractivity contribution in [3.63, 3.8) is 0 Å². The third-order valence-corrected chi connectivity index (χ3v) is 3.33. The lowest BCUT2D eigenvalue weighted by atomic mass is 9.87. The normalized spacial score (nSPS) is 23.4. The van der Waals surface area contributed by atoms with E-state index in [2.05, 4.69) is 15.5 Å². The van der Waals surface area contributed by atoms with Gasteiger partial charge in [0.25, 0.3) is 5.91 Å². The molecule has 0 unspecified atom stereocenters. The Labute approximate surface area is 98.4 Å². The molecule has 1 aromatic heterocycles. The van der Waals surface area contributed by atoms with Crippen LogP contribution in [0.25, 0.3) is 10.9 Å². The molecule has 88 valence electrons. The van der Waals surface area contributed by atoms with Crippen molar-refractivity contribution in [2.24, 2.45) is 5.73 Å². The van der Waals surface area contributed by atoms with Crippen molar-refractivity contribution in [3.05, 3.63) is 30.0 Å². The lowest BCUT2D eigenvalue weighted by Crippen LogP contribution is -2.54. The van der Waals surface area contributed by atoms with Gasteiger partial charge in [0.15, 0.2) is 5.69 Å². The van der Waals surface area contributed by atoms with E-state index in [1.807, 2.05) is 24.3 Å². The number of para-hydroxylation sites is 1. The lowest BCUT2D eigenvalue weighted by Gasteiger charge is -2.33. The molecule has 5 nitrogen and oxygen atoms in total. The minimum Gasteiger partial charge on any atom is -0.346 e. The van der Waals surface area contributed by atoms with E-state index in [4.69, 9.17) is 5.73 Å². The Bertz CT molecular complexity index is 562. The summed E-state index contributed by atoms with van der Waals surface area (Å²) in [7, 11) is 0. The van der Waals surface area contributed by atoms with Crippen LogP contribution in [-0.4, -0.2) is 28.2 Å². The van der Waals surface area contributed by atoms with E-state index in [0.717, 1.165) is 23.7 Å². The van der Waals surface area contributed by atoms with Gasteiger partial charge in [-0.3, -0.25) is 9.89 Å². The molecule has 1 heterocycles. The highest BCUT2D eigenvalue weighted by Crippen LogP contribution is 2.19. The zero-order valence-electron chi connectivity index (χ0n) is 9.31. The molecule has 1 fully saturated rings. The number of nitrogens with two attached hydrogens (primary N) is 1.